The molecule has 6 nitrogen and oxygen atoms in total. The lowest BCUT2D eigenvalue weighted by Gasteiger charge is -2.25. The van der Waals surface area contributed by atoms with E-state index >= 15 is 0 Å². The van der Waals surface area contributed by atoms with E-state index in [1.807, 2.05) is 47.9 Å². The lowest BCUT2D eigenvalue weighted by atomic mass is 9.81. The molecule has 0 aliphatic heterocycles. The van der Waals surface area contributed by atoms with Crippen LogP contribution in [-0.4, -0.2) is 27.7 Å². The van der Waals surface area contributed by atoms with Gasteiger partial charge in [0, 0.05) is 22.2 Å². The van der Waals surface area contributed by atoms with Crippen molar-refractivity contribution >= 4 is 23.2 Å². The normalized spacial score (nSPS) is 25.5. The van der Waals surface area contributed by atoms with Crippen LogP contribution in [0.3, 0.4) is 0 Å². The van der Waals surface area contributed by atoms with Crippen LogP contribution >= 0.6 is 11.6 Å². The van der Waals surface area contributed by atoms with Crippen LogP contribution in [0.4, 0.5) is 0 Å². The summed E-state index contributed by atoms with van der Waals surface area (Å²) in [6, 6.07) is 9.41. The highest BCUT2D eigenvalue weighted by Crippen LogP contribution is 2.62. The van der Waals surface area contributed by atoms with Crippen molar-refractivity contribution in [3.8, 4) is 11.5 Å². The van der Waals surface area contributed by atoms with Gasteiger partial charge in [-0.15, -0.1) is 10.2 Å². The Labute approximate surface area is 173 Å². The predicted octanol–water partition coefficient (Wildman–Crippen LogP) is 4.86. The fourth-order valence-electron chi connectivity index (χ4n) is 5.15. The molecule has 0 radical (unpaired) electrons. The van der Waals surface area contributed by atoms with Crippen molar-refractivity contribution in [1.29, 1.82) is 0 Å². The van der Waals surface area contributed by atoms with Gasteiger partial charge in [-0.1, -0.05) is 17.7 Å². The van der Waals surface area contributed by atoms with E-state index in [-0.39, 0.29) is 16.8 Å². The van der Waals surface area contributed by atoms with Gasteiger partial charge in [0.15, 0.2) is 5.75 Å². The molecule has 29 heavy (non-hydrogen) atoms. The summed E-state index contributed by atoms with van der Waals surface area (Å²) in [5, 5.41) is 9.67. The number of halogens is 1. The highest BCUT2D eigenvalue weighted by molar-refractivity contribution is 6.31. The first kappa shape index (κ1) is 18.4. The predicted molar refractivity (Wildman–Crippen MR) is 108 cm³/mol. The van der Waals surface area contributed by atoms with Crippen molar-refractivity contribution in [2.75, 3.05) is 7.11 Å². The van der Waals surface area contributed by atoms with Gasteiger partial charge < -0.3 is 9.47 Å². The highest BCUT2D eigenvalue weighted by Gasteiger charge is 2.61. The summed E-state index contributed by atoms with van der Waals surface area (Å²) in [6.07, 6.45) is 6.25. The molecular formula is C22H22ClN3O3. The minimum atomic E-state index is -0.368. The number of rotatable bonds is 4. The fraction of sp³-hybridized carbons (Fsp3) is 0.409. The van der Waals surface area contributed by atoms with E-state index in [4.69, 9.17) is 21.1 Å². The second-order valence-electron chi connectivity index (χ2n) is 8.28. The van der Waals surface area contributed by atoms with Crippen LogP contribution in [0.1, 0.15) is 43.5 Å². The molecule has 0 N–H and O–H groups in total. The van der Waals surface area contributed by atoms with E-state index < -0.39 is 0 Å². The average Bonchev–Trinajstić information content (AvgIpc) is 3.44. The van der Waals surface area contributed by atoms with E-state index in [2.05, 4.69) is 10.2 Å². The molecule has 2 aromatic heterocycles. The minimum absolute atomic E-state index is 0.0915. The number of esters is 1. The number of nitrogens with zero attached hydrogens (tertiary/aromatic N) is 3. The van der Waals surface area contributed by atoms with Gasteiger partial charge in [-0.05, 0) is 63.3 Å². The average molecular weight is 412 g/mol. The zero-order valence-corrected chi connectivity index (χ0v) is 17.2. The number of pyridine rings is 1. The van der Waals surface area contributed by atoms with E-state index in [0.29, 0.717) is 22.2 Å². The maximum absolute atomic E-state index is 12.4. The standard InChI is InChI=1S/C22H22ClN3O3/c1-14-15(23)5-3-6-16(14)29-17-7-4-12-26-18(17)24-25-19(26)21-8-10-22(13-21,11-9-21)20(27)28-2/h3-7,12H,8-11,13H2,1-2H3. The molecule has 0 spiro atoms. The zero-order valence-electron chi connectivity index (χ0n) is 16.4. The fourth-order valence-corrected chi connectivity index (χ4v) is 5.32. The molecule has 0 amide bonds. The number of ether oxygens (including phenoxy) is 2. The van der Waals surface area contributed by atoms with Crippen molar-refractivity contribution < 1.29 is 14.3 Å². The minimum Gasteiger partial charge on any atom is -0.469 e. The Balaban J connectivity index is 1.53. The van der Waals surface area contributed by atoms with E-state index in [1.54, 1.807) is 0 Å². The molecule has 0 saturated heterocycles. The molecule has 3 aromatic rings. The number of hydrogen-bond acceptors (Lipinski definition) is 5. The molecule has 0 unspecified atom stereocenters. The smallest absolute Gasteiger partial charge is 0.311 e. The first-order chi connectivity index (χ1) is 14.0. The van der Waals surface area contributed by atoms with Crippen molar-refractivity contribution in [2.45, 2.75) is 44.4 Å². The molecule has 2 bridgehead atoms. The molecule has 1 aromatic carbocycles. The van der Waals surface area contributed by atoms with Crippen molar-refractivity contribution in [1.82, 2.24) is 14.6 Å². The van der Waals surface area contributed by atoms with Gasteiger partial charge in [0.25, 0.3) is 0 Å². The molecule has 5 rings (SSSR count). The summed E-state index contributed by atoms with van der Waals surface area (Å²) >= 11 is 6.23. The quantitative estimate of drug-likeness (QED) is 0.573. The van der Waals surface area contributed by atoms with Crippen molar-refractivity contribution in [3.05, 3.63) is 52.9 Å². The maximum Gasteiger partial charge on any atom is 0.311 e. The van der Waals surface area contributed by atoms with Crippen molar-refractivity contribution in [2.24, 2.45) is 5.41 Å². The van der Waals surface area contributed by atoms with Crippen LogP contribution < -0.4 is 4.74 Å². The first-order valence-corrected chi connectivity index (χ1v) is 10.2. The molecule has 2 heterocycles. The van der Waals surface area contributed by atoms with Crippen LogP contribution in [0.15, 0.2) is 36.5 Å². The van der Waals surface area contributed by atoms with Gasteiger partial charge in [0.05, 0.1) is 12.5 Å². The summed E-state index contributed by atoms with van der Waals surface area (Å²) in [4.78, 5) is 12.4. The topological polar surface area (TPSA) is 65.7 Å². The number of carbonyl (C=O) groups is 1. The Morgan fingerprint density at radius 2 is 1.86 bits per heavy atom. The largest absolute Gasteiger partial charge is 0.469 e. The van der Waals surface area contributed by atoms with Gasteiger partial charge in [0.1, 0.15) is 11.6 Å². The second kappa shape index (κ2) is 6.46. The molecule has 0 atom stereocenters. The third-order valence-corrected chi connectivity index (χ3v) is 7.18. The Hall–Kier alpha value is -2.60. The van der Waals surface area contributed by atoms with Gasteiger partial charge in [-0.2, -0.15) is 0 Å². The van der Waals surface area contributed by atoms with E-state index in [1.165, 1.54) is 7.11 Å². The Kier molecular flexibility index (Phi) is 4.10. The van der Waals surface area contributed by atoms with Crippen LogP contribution in [0.2, 0.25) is 5.02 Å². The molecule has 2 fully saturated rings. The van der Waals surface area contributed by atoms with E-state index in [0.717, 1.165) is 43.5 Å². The van der Waals surface area contributed by atoms with Crippen LogP contribution in [0, 0.1) is 12.3 Å². The van der Waals surface area contributed by atoms with E-state index in [9.17, 15) is 4.79 Å². The molecular weight excluding hydrogens is 390 g/mol. The SMILES string of the molecule is COC(=O)C12CCC(c3nnc4c(Oc5cccc(Cl)c5C)cccn34)(CC1)C2. The Morgan fingerprint density at radius 1 is 1.10 bits per heavy atom. The molecule has 2 aliphatic rings. The number of fused-ring (bicyclic) bond motifs is 3. The number of benzene rings is 1. The van der Waals surface area contributed by atoms with Gasteiger partial charge in [0.2, 0.25) is 5.65 Å². The Bertz CT molecular complexity index is 1120. The number of methoxy groups -OCH3 is 1. The van der Waals surface area contributed by atoms with Crippen LogP contribution in [-0.2, 0) is 14.9 Å². The van der Waals surface area contributed by atoms with Crippen molar-refractivity contribution in [3.63, 3.8) is 0 Å². The summed E-state index contributed by atoms with van der Waals surface area (Å²) in [6.45, 7) is 1.93. The number of carbonyl (C=O) groups excluding carboxylic acids is 1. The third kappa shape index (κ3) is 2.65. The maximum atomic E-state index is 12.4. The number of hydrogen-bond donors (Lipinski definition) is 0. The Morgan fingerprint density at radius 3 is 2.62 bits per heavy atom. The monoisotopic (exact) mass is 411 g/mol. The second-order valence-corrected chi connectivity index (χ2v) is 8.69. The summed E-state index contributed by atoms with van der Waals surface area (Å²) < 4.78 is 13.3. The first-order valence-electron chi connectivity index (χ1n) is 9.84. The van der Waals surface area contributed by atoms with Gasteiger partial charge in [-0.25, -0.2) is 0 Å². The summed E-state index contributed by atoms with van der Waals surface area (Å²) in [7, 11) is 1.48. The van der Waals surface area contributed by atoms with Gasteiger partial charge >= 0.3 is 5.97 Å². The number of aromatic nitrogens is 3. The highest BCUT2D eigenvalue weighted by atomic mass is 35.5. The summed E-state index contributed by atoms with van der Waals surface area (Å²) in [5.74, 6) is 2.14. The van der Waals surface area contributed by atoms with Gasteiger partial charge in [-0.3, -0.25) is 9.20 Å². The molecule has 7 heteroatoms. The lowest BCUT2D eigenvalue weighted by molar-refractivity contribution is -0.152. The lowest BCUT2D eigenvalue weighted by Crippen LogP contribution is -2.27. The zero-order chi connectivity index (χ0) is 20.2. The van der Waals surface area contributed by atoms with Crippen LogP contribution in [0.25, 0.3) is 5.65 Å². The van der Waals surface area contributed by atoms with Crippen LogP contribution in [0.5, 0.6) is 11.5 Å². The molecule has 2 saturated carbocycles. The summed E-state index contributed by atoms with van der Waals surface area (Å²) in [5.41, 5.74) is 1.04. The third-order valence-electron chi connectivity index (χ3n) is 6.77. The molecule has 150 valence electrons. The molecule has 2 aliphatic carbocycles.